The predicted octanol–water partition coefficient (Wildman–Crippen LogP) is 3.03. The van der Waals surface area contributed by atoms with Gasteiger partial charge in [-0.15, -0.1) is 0 Å². The molecule has 1 aromatic carbocycles. The predicted molar refractivity (Wildman–Crippen MR) is 108 cm³/mol. The van der Waals surface area contributed by atoms with Crippen LogP contribution >= 0.6 is 0 Å². The van der Waals surface area contributed by atoms with E-state index in [1.54, 1.807) is 56.6 Å². The van der Waals surface area contributed by atoms with Crippen LogP contribution in [0.25, 0.3) is 0 Å². The summed E-state index contributed by atoms with van der Waals surface area (Å²) in [6.45, 7) is 4.06. The molecular weight excluding hydrogens is 370 g/mol. The van der Waals surface area contributed by atoms with Crippen molar-refractivity contribution in [2.45, 2.75) is 20.4 Å². The maximum Gasteiger partial charge on any atom is 0.340 e. The number of hydrogen-bond donors (Lipinski definition) is 2. The van der Waals surface area contributed by atoms with E-state index in [1.165, 1.54) is 6.07 Å². The normalized spacial score (nSPS) is 10.3. The van der Waals surface area contributed by atoms with Crippen molar-refractivity contribution in [3.63, 3.8) is 0 Å². The van der Waals surface area contributed by atoms with Gasteiger partial charge in [0.2, 0.25) is 0 Å². The molecule has 8 nitrogen and oxygen atoms in total. The van der Waals surface area contributed by atoms with Gasteiger partial charge in [-0.1, -0.05) is 18.2 Å². The second kappa shape index (κ2) is 9.41. The lowest BCUT2D eigenvalue weighted by Gasteiger charge is -2.12. The van der Waals surface area contributed by atoms with Crippen LogP contribution in [0.5, 0.6) is 0 Å². The average molecular weight is 391 g/mol. The maximum atomic E-state index is 12.5. The fraction of sp³-hybridized carbons (Fsp3) is 0.190. The Hall–Kier alpha value is -3.81. The molecule has 29 heavy (non-hydrogen) atoms. The van der Waals surface area contributed by atoms with E-state index in [0.29, 0.717) is 29.4 Å². The number of para-hydroxylation sites is 1. The number of anilines is 2. The number of benzene rings is 1. The lowest BCUT2D eigenvalue weighted by atomic mass is 10.2. The molecule has 0 atom stereocenters. The summed E-state index contributed by atoms with van der Waals surface area (Å²) >= 11 is 0. The highest BCUT2D eigenvalue weighted by atomic mass is 16.5. The summed E-state index contributed by atoms with van der Waals surface area (Å²) in [7, 11) is 0. The molecule has 0 unspecified atom stereocenters. The minimum Gasteiger partial charge on any atom is -0.462 e. The van der Waals surface area contributed by atoms with Gasteiger partial charge in [-0.05, 0) is 37.6 Å². The van der Waals surface area contributed by atoms with Crippen molar-refractivity contribution < 1.29 is 14.3 Å². The summed E-state index contributed by atoms with van der Waals surface area (Å²) in [6.07, 6.45) is 3.36. The van der Waals surface area contributed by atoms with Crippen LogP contribution in [-0.2, 0) is 11.3 Å². The zero-order valence-electron chi connectivity index (χ0n) is 16.2. The molecule has 0 aliphatic rings. The zero-order chi connectivity index (χ0) is 20.6. The van der Waals surface area contributed by atoms with Crippen molar-refractivity contribution in [1.82, 2.24) is 20.3 Å². The molecule has 2 N–H and O–H groups in total. The number of aryl methyl sites for hydroxylation is 1. The second-order valence-electron chi connectivity index (χ2n) is 6.12. The van der Waals surface area contributed by atoms with Crippen molar-refractivity contribution in [2.24, 2.45) is 0 Å². The Morgan fingerprint density at radius 3 is 2.69 bits per heavy atom. The third-order valence-electron chi connectivity index (χ3n) is 3.93. The highest BCUT2D eigenvalue weighted by molar-refractivity contribution is 5.97. The highest BCUT2D eigenvalue weighted by Gasteiger charge is 2.15. The Labute approximate surface area is 168 Å². The third-order valence-corrected chi connectivity index (χ3v) is 3.93. The standard InChI is InChI=1S/C21H21N5O3/c1-3-29-21(28)16-8-4-5-9-17(16)26-19-11-18(24-14(2)25-19)20(27)23-13-15-7-6-10-22-12-15/h4-12H,3,13H2,1-2H3,(H,23,27)(H,24,25,26). The Kier molecular flexibility index (Phi) is 6.47. The fourth-order valence-electron chi connectivity index (χ4n) is 2.64. The van der Waals surface area contributed by atoms with E-state index in [4.69, 9.17) is 4.74 Å². The lowest BCUT2D eigenvalue weighted by Crippen LogP contribution is -2.24. The second-order valence-corrected chi connectivity index (χ2v) is 6.12. The molecule has 8 heteroatoms. The summed E-state index contributed by atoms with van der Waals surface area (Å²) in [5.41, 5.74) is 2.02. The number of aromatic nitrogens is 3. The van der Waals surface area contributed by atoms with Crippen LogP contribution in [0.3, 0.4) is 0 Å². The van der Waals surface area contributed by atoms with Crippen LogP contribution in [-0.4, -0.2) is 33.4 Å². The average Bonchev–Trinajstić information content (AvgIpc) is 2.73. The van der Waals surface area contributed by atoms with Gasteiger partial charge in [0, 0.05) is 25.0 Å². The number of nitrogens with zero attached hydrogens (tertiary/aromatic N) is 3. The number of pyridine rings is 1. The van der Waals surface area contributed by atoms with Crippen LogP contribution in [0.15, 0.2) is 54.9 Å². The van der Waals surface area contributed by atoms with E-state index >= 15 is 0 Å². The van der Waals surface area contributed by atoms with Gasteiger partial charge in [0.05, 0.1) is 17.9 Å². The quantitative estimate of drug-likeness (QED) is 0.596. The number of rotatable bonds is 7. The Morgan fingerprint density at radius 1 is 1.10 bits per heavy atom. The Balaban J connectivity index is 1.78. The molecular formula is C21H21N5O3. The molecule has 0 bridgehead atoms. The van der Waals surface area contributed by atoms with Crippen molar-refractivity contribution in [3.05, 3.63) is 77.5 Å². The van der Waals surface area contributed by atoms with Gasteiger partial charge in [-0.3, -0.25) is 9.78 Å². The number of hydrogen-bond acceptors (Lipinski definition) is 7. The minimum atomic E-state index is -0.434. The highest BCUT2D eigenvalue weighted by Crippen LogP contribution is 2.21. The van der Waals surface area contributed by atoms with E-state index in [2.05, 4.69) is 25.6 Å². The van der Waals surface area contributed by atoms with Gasteiger partial charge in [0.15, 0.2) is 0 Å². The third kappa shape index (κ3) is 5.35. The van der Waals surface area contributed by atoms with E-state index < -0.39 is 5.97 Å². The van der Waals surface area contributed by atoms with Crippen LogP contribution < -0.4 is 10.6 Å². The van der Waals surface area contributed by atoms with E-state index in [0.717, 1.165) is 5.56 Å². The SMILES string of the molecule is CCOC(=O)c1ccccc1Nc1cc(C(=O)NCc2cccnc2)nc(C)n1. The smallest absolute Gasteiger partial charge is 0.340 e. The monoisotopic (exact) mass is 391 g/mol. The molecule has 148 valence electrons. The van der Waals surface area contributed by atoms with Crippen LogP contribution in [0.2, 0.25) is 0 Å². The maximum absolute atomic E-state index is 12.5. The van der Waals surface area contributed by atoms with E-state index in [-0.39, 0.29) is 18.2 Å². The first-order chi connectivity index (χ1) is 14.1. The molecule has 3 aromatic rings. The molecule has 1 amide bonds. The molecule has 0 saturated heterocycles. The molecule has 0 saturated carbocycles. The molecule has 0 aliphatic heterocycles. The van der Waals surface area contributed by atoms with Crippen LogP contribution in [0, 0.1) is 6.92 Å². The largest absolute Gasteiger partial charge is 0.462 e. The van der Waals surface area contributed by atoms with Gasteiger partial charge < -0.3 is 15.4 Å². The fourth-order valence-corrected chi connectivity index (χ4v) is 2.64. The van der Waals surface area contributed by atoms with E-state index in [9.17, 15) is 9.59 Å². The molecule has 0 radical (unpaired) electrons. The number of amides is 1. The summed E-state index contributed by atoms with van der Waals surface area (Å²) in [5, 5.41) is 5.89. The van der Waals surface area contributed by atoms with Gasteiger partial charge in [-0.25, -0.2) is 14.8 Å². The molecule has 2 heterocycles. The van der Waals surface area contributed by atoms with Crippen molar-refractivity contribution >= 4 is 23.4 Å². The number of ether oxygens (including phenoxy) is 1. The molecule has 3 rings (SSSR count). The Bertz CT molecular complexity index is 1010. The first-order valence-electron chi connectivity index (χ1n) is 9.12. The molecule has 0 spiro atoms. The number of carbonyl (C=O) groups is 2. The molecule has 2 aromatic heterocycles. The zero-order valence-corrected chi connectivity index (χ0v) is 16.2. The number of nitrogens with one attached hydrogen (secondary N) is 2. The van der Waals surface area contributed by atoms with Gasteiger partial charge in [0.1, 0.15) is 17.3 Å². The van der Waals surface area contributed by atoms with Gasteiger partial charge in [0.25, 0.3) is 5.91 Å². The summed E-state index contributed by atoms with van der Waals surface area (Å²) in [6, 6.07) is 12.2. The van der Waals surface area contributed by atoms with Crippen LogP contribution in [0.4, 0.5) is 11.5 Å². The van der Waals surface area contributed by atoms with E-state index in [1.807, 2.05) is 6.07 Å². The summed E-state index contributed by atoms with van der Waals surface area (Å²) in [4.78, 5) is 37.2. The summed E-state index contributed by atoms with van der Waals surface area (Å²) in [5.74, 6) is 0.0628. The number of esters is 1. The molecule has 0 fully saturated rings. The topological polar surface area (TPSA) is 106 Å². The lowest BCUT2D eigenvalue weighted by molar-refractivity contribution is 0.0527. The first kappa shape index (κ1) is 19.9. The first-order valence-corrected chi connectivity index (χ1v) is 9.12. The van der Waals surface area contributed by atoms with Gasteiger partial charge >= 0.3 is 5.97 Å². The van der Waals surface area contributed by atoms with Crippen molar-refractivity contribution in [2.75, 3.05) is 11.9 Å². The van der Waals surface area contributed by atoms with Gasteiger partial charge in [-0.2, -0.15) is 0 Å². The minimum absolute atomic E-state index is 0.220. The van der Waals surface area contributed by atoms with Crippen LogP contribution in [0.1, 0.15) is 39.2 Å². The number of carbonyl (C=O) groups excluding carboxylic acids is 2. The van der Waals surface area contributed by atoms with Crippen molar-refractivity contribution in [1.29, 1.82) is 0 Å². The van der Waals surface area contributed by atoms with Crippen molar-refractivity contribution in [3.8, 4) is 0 Å². The molecule has 0 aliphatic carbocycles. The summed E-state index contributed by atoms with van der Waals surface area (Å²) < 4.78 is 5.09. The Morgan fingerprint density at radius 2 is 1.93 bits per heavy atom.